The minimum absolute atomic E-state index is 0.0499. The van der Waals surface area contributed by atoms with Crippen LogP contribution >= 0.6 is 0 Å². The molecule has 1 aromatic heterocycles. The topological polar surface area (TPSA) is 71.6 Å². The number of aliphatic hydroxyl groups is 1. The van der Waals surface area contributed by atoms with Gasteiger partial charge in [-0.25, -0.2) is 4.63 Å². The Hall–Kier alpha value is -1.50. The van der Waals surface area contributed by atoms with Gasteiger partial charge in [0.05, 0.1) is 25.9 Å². The van der Waals surface area contributed by atoms with Gasteiger partial charge in [0.25, 0.3) is 0 Å². The lowest BCUT2D eigenvalue weighted by atomic mass is 10.1. The SMILES string of the molecule is OC[C@@H]1COCCN1Cc1cccc2nonc12. The predicted molar refractivity (Wildman–Crippen MR) is 63.9 cm³/mol. The van der Waals surface area contributed by atoms with Crippen LogP contribution in [0.5, 0.6) is 0 Å². The summed E-state index contributed by atoms with van der Waals surface area (Å²) < 4.78 is 10.1. The summed E-state index contributed by atoms with van der Waals surface area (Å²) in [6.45, 7) is 2.91. The Kier molecular flexibility index (Phi) is 3.22. The lowest BCUT2D eigenvalue weighted by molar-refractivity contribution is -0.0311. The number of hydrogen-bond acceptors (Lipinski definition) is 6. The molecular weight excluding hydrogens is 234 g/mol. The van der Waals surface area contributed by atoms with Crippen LogP contribution in [0.2, 0.25) is 0 Å². The van der Waals surface area contributed by atoms with Crippen molar-refractivity contribution < 1.29 is 14.5 Å². The first-order valence-electron chi connectivity index (χ1n) is 6.01. The van der Waals surface area contributed by atoms with E-state index in [4.69, 9.17) is 9.37 Å². The standard InChI is InChI=1S/C12H15N3O3/c16-7-10-8-17-5-4-15(10)6-9-2-1-3-11-12(9)14-18-13-11/h1-3,10,16H,4-8H2/t10-/m1/s1. The van der Waals surface area contributed by atoms with E-state index < -0.39 is 0 Å². The number of benzene rings is 1. The number of aliphatic hydroxyl groups excluding tert-OH is 1. The van der Waals surface area contributed by atoms with Crippen molar-refractivity contribution in [3.05, 3.63) is 23.8 Å². The van der Waals surface area contributed by atoms with E-state index in [1.165, 1.54) is 0 Å². The zero-order valence-corrected chi connectivity index (χ0v) is 9.95. The Morgan fingerprint density at radius 1 is 1.39 bits per heavy atom. The molecule has 0 spiro atoms. The molecule has 0 saturated carbocycles. The molecule has 1 N–H and O–H groups in total. The van der Waals surface area contributed by atoms with Crippen LogP contribution in [-0.2, 0) is 11.3 Å². The number of ether oxygens (including phenoxy) is 1. The van der Waals surface area contributed by atoms with Gasteiger partial charge < -0.3 is 9.84 Å². The first-order valence-corrected chi connectivity index (χ1v) is 6.01. The van der Waals surface area contributed by atoms with E-state index in [0.29, 0.717) is 13.2 Å². The Morgan fingerprint density at radius 2 is 2.33 bits per heavy atom. The summed E-state index contributed by atoms with van der Waals surface area (Å²) in [5, 5.41) is 17.1. The van der Waals surface area contributed by atoms with Crippen LogP contribution in [0.25, 0.3) is 11.0 Å². The number of fused-ring (bicyclic) bond motifs is 1. The number of aromatic nitrogens is 2. The summed E-state index contributed by atoms with van der Waals surface area (Å²) in [5.74, 6) is 0. The molecule has 1 fully saturated rings. The normalized spacial score (nSPS) is 21.5. The van der Waals surface area contributed by atoms with Crippen LogP contribution in [0.3, 0.4) is 0 Å². The molecule has 1 aliphatic heterocycles. The molecule has 18 heavy (non-hydrogen) atoms. The second-order valence-corrected chi connectivity index (χ2v) is 4.43. The van der Waals surface area contributed by atoms with Gasteiger partial charge in [-0.15, -0.1) is 0 Å². The van der Waals surface area contributed by atoms with Gasteiger partial charge in [-0.1, -0.05) is 12.1 Å². The lowest BCUT2D eigenvalue weighted by Crippen LogP contribution is -2.46. The first-order chi connectivity index (χ1) is 8.88. The molecule has 1 atom stereocenters. The zero-order valence-electron chi connectivity index (χ0n) is 9.95. The van der Waals surface area contributed by atoms with Crippen molar-refractivity contribution in [2.45, 2.75) is 12.6 Å². The minimum Gasteiger partial charge on any atom is -0.395 e. The van der Waals surface area contributed by atoms with E-state index in [2.05, 4.69) is 15.2 Å². The molecule has 0 aliphatic carbocycles. The van der Waals surface area contributed by atoms with Crippen molar-refractivity contribution in [3.63, 3.8) is 0 Å². The Morgan fingerprint density at radius 3 is 3.22 bits per heavy atom. The Bertz CT molecular complexity index is 528. The van der Waals surface area contributed by atoms with Crippen molar-refractivity contribution in [2.75, 3.05) is 26.4 Å². The van der Waals surface area contributed by atoms with Gasteiger partial charge in [0.1, 0.15) is 11.0 Å². The van der Waals surface area contributed by atoms with Crippen LogP contribution in [0, 0.1) is 0 Å². The molecule has 0 unspecified atom stereocenters. The third-order valence-electron chi connectivity index (χ3n) is 3.30. The monoisotopic (exact) mass is 249 g/mol. The number of morpholine rings is 1. The van der Waals surface area contributed by atoms with Crippen molar-refractivity contribution in [2.24, 2.45) is 0 Å². The fraction of sp³-hybridized carbons (Fsp3) is 0.500. The van der Waals surface area contributed by atoms with E-state index in [-0.39, 0.29) is 12.6 Å². The molecule has 1 saturated heterocycles. The summed E-state index contributed by atoms with van der Waals surface area (Å²) in [4.78, 5) is 2.20. The number of hydrogen-bond donors (Lipinski definition) is 1. The fourth-order valence-electron chi connectivity index (χ4n) is 2.27. The third-order valence-corrected chi connectivity index (χ3v) is 3.30. The van der Waals surface area contributed by atoms with Gasteiger partial charge in [-0.05, 0) is 21.9 Å². The summed E-state index contributed by atoms with van der Waals surface area (Å²) in [5.41, 5.74) is 2.62. The van der Waals surface area contributed by atoms with Crippen molar-refractivity contribution in [1.82, 2.24) is 15.2 Å². The van der Waals surface area contributed by atoms with Crippen molar-refractivity contribution >= 4 is 11.0 Å². The van der Waals surface area contributed by atoms with E-state index >= 15 is 0 Å². The second kappa shape index (κ2) is 5.01. The highest BCUT2D eigenvalue weighted by Crippen LogP contribution is 2.18. The van der Waals surface area contributed by atoms with Crippen LogP contribution in [0.4, 0.5) is 0 Å². The smallest absolute Gasteiger partial charge is 0.139 e. The first kappa shape index (κ1) is 11.6. The maximum absolute atomic E-state index is 9.34. The summed E-state index contributed by atoms with van der Waals surface area (Å²) in [6, 6.07) is 5.87. The highest BCUT2D eigenvalue weighted by Gasteiger charge is 2.23. The highest BCUT2D eigenvalue weighted by atomic mass is 16.6. The van der Waals surface area contributed by atoms with E-state index in [1.807, 2.05) is 18.2 Å². The number of rotatable bonds is 3. The molecule has 2 heterocycles. The molecule has 0 amide bonds. The molecule has 96 valence electrons. The third kappa shape index (κ3) is 2.10. The van der Waals surface area contributed by atoms with E-state index in [0.717, 1.165) is 29.7 Å². The van der Waals surface area contributed by atoms with E-state index in [9.17, 15) is 5.11 Å². The lowest BCUT2D eigenvalue weighted by Gasteiger charge is -2.34. The summed E-state index contributed by atoms with van der Waals surface area (Å²) in [6.07, 6.45) is 0. The molecule has 0 bridgehead atoms. The van der Waals surface area contributed by atoms with Crippen LogP contribution in [0.1, 0.15) is 5.56 Å². The van der Waals surface area contributed by atoms with Crippen LogP contribution in [0.15, 0.2) is 22.8 Å². The van der Waals surface area contributed by atoms with Crippen molar-refractivity contribution in [1.29, 1.82) is 0 Å². The Balaban J connectivity index is 1.84. The molecule has 6 heteroatoms. The second-order valence-electron chi connectivity index (χ2n) is 4.43. The number of nitrogens with zero attached hydrogens (tertiary/aromatic N) is 3. The average Bonchev–Trinajstić information content (AvgIpc) is 2.89. The maximum Gasteiger partial charge on any atom is 0.139 e. The van der Waals surface area contributed by atoms with Gasteiger partial charge in [-0.3, -0.25) is 4.90 Å². The molecule has 0 radical (unpaired) electrons. The van der Waals surface area contributed by atoms with Crippen LogP contribution < -0.4 is 0 Å². The largest absolute Gasteiger partial charge is 0.395 e. The van der Waals surface area contributed by atoms with Gasteiger partial charge in [0.2, 0.25) is 0 Å². The highest BCUT2D eigenvalue weighted by molar-refractivity contribution is 5.76. The van der Waals surface area contributed by atoms with E-state index in [1.54, 1.807) is 0 Å². The molecule has 1 aromatic carbocycles. The van der Waals surface area contributed by atoms with Gasteiger partial charge in [-0.2, -0.15) is 0 Å². The zero-order chi connectivity index (χ0) is 12.4. The molecule has 2 aromatic rings. The summed E-state index contributed by atoms with van der Waals surface area (Å²) >= 11 is 0. The van der Waals surface area contributed by atoms with Gasteiger partial charge in [0, 0.05) is 13.1 Å². The average molecular weight is 249 g/mol. The van der Waals surface area contributed by atoms with Gasteiger partial charge >= 0.3 is 0 Å². The van der Waals surface area contributed by atoms with Crippen molar-refractivity contribution in [3.8, 4) is 0 Å². The summed E-state index contributed by atoms with van der Waals surface area (Å²) in [7, 11) is 0. The maximum atomic E-state index is 9.34. The van der Waals surface area contributed by atoms with Crippen LogP contribution in [-0.4, -0.2) is 52.7 Å². The molecule has 3 rings (SSSR count). The Labute approximate surface area is 104 Å². The quantitative estimate of drug-likeness (QED) is 0.849. The molecule has 6 nitrogen and oxygen atoms in total. The van der Waals surface area contributed by atoms with Gasteiger partial charge in [0.15, 0.2) is 0 Å². The molecule has 1 aliphatic rings. The predicted octanol–water partition coefficient (Wildman–Crippen LogP) is 0.416. The minimum atomic E-state index is 0.0499. The fourth-order valence-corrected chi connectivity index (χ4v) is 2.27. The molecular formula is C12H15N3O3.